The molecule has 7 nitrogen and oxygen atoms in total. The van der Waals surface area contributed by atoms with Crippen LogP contribution in [0.2, 0.25) is 0 Å². The molecule has 0 unspecified atom stereocenters. The first-order valence-corrected chi connectivity index (χ1v) is 7.79. The predicted molar refractivity (Wildman–Crippen MR) is 83.7 cm³/mol. The minimum Gasteiger partial charge on any atom is -0.475 e. The molecule has 3 rings (SSSR count). The number of rotatable bonds is 1. The molecule has 0 spiro atoms. The Labute approximate surface area is 155 Å². The number of carbonyl (C=O) groups is 2. The molecular weight excluding hydrogens is 400 g/mol. The third-order valence-electron chi connectivity index (χ3n) is 3.85. The molecule has 2 aliphatic heterocycles. The Bertz CT molecular complexity index is 617. The maximum Gasteiger partial charge on any atom is 0.490 e. The standard InChI is InChI=1S/C11H15N3.2C2HF3O2/c1-2-4-13-11(3-1)14-7-9-5-12-6-10(9)8-14;2*3-2(4,5)1(6)7/h1-4,9-10,12H,5-8H2;2*(H,6,7)/t9-,10+;;. The number of fused-ring (bicyclic) bond motifs is 1. The van der Waals surface area contributed by atoms with Gasteiger partial charge in [0.2, 0.25) is 0 Å². The van der Waals surface area contributed by atoms with E-state index in [1.807, 2.05) is 12.3 Å². The van der Waals surface area contributed by atoms with Gasteiger partial charge in [0.1, 0.15) is 5.82 Å². The van der Waals surface area contributed by atoms with Crippen molar-refractivity contribution in [2.24, 2.45) is 11.8 Å². The lowest BCUT2D eigenvalue weighted by atomic mass is 10.0. The SMILES string of the molecule is O=C(O)C(F)(F)F.O=C(O)C(F)(F)F.c1ccc(N2C[C@H]3CNC[C@H]3C2)nc1. The minimum atomic E-state index is -5.08. The molecule has 0 aromatic carbocycles. The summed E-state index contributed by atoms with van der Waals surface area (Å²) in [5.41, 5.74) is 0. The molecular formula is C15H17F6N3O4. The van der Waals surface area contributed by atoms with Gasteiger partial charge in [-0.1, -0.05) is 6.07 Å². The minimum absolute atomic E-state index is 0.844. The molecule has 0 saturated carbocycles. The number of nitrogens with one attached hydrogen (secondary N) is 1. The van der Waals surface area contributed by atoms with E-state index in [0.29, 0.717) is 0 Å². The lowest BCUT2D eigenvalue weighted by Gasteiger charge is -2.17. The fraction of sp³-hybridized carbons (Fsp3) is 0.533. The molecule has 1 aromatic rings. The first-order valence-electron chi connectivity index (χ1n) is 7.79. The summed E-state index contributed by atoms with van der Waals surface area (Å²) in [6, 6.07) is 6.14. The van der Waals surface area contributed by atoms with Gasteiger partial charge in [0, 0.05) is 32.4 Å². The van der Waals surface area contributed by atoms with Gasteiger partial charge in [-0.05, 0) is 24.0 Å². The summed E-state index contributed by atoms with van der Waals surface area (Å²) in [7, 11) is 0. The summed E-state index contributed by atoms with van der Waals surface area (Å²) in [6.45, 7) is 4.73. The van der Waals surface area contributed by atoms with Crippen LogP contribution in [0.25, 0.3) is 0 Å². The largest absolute Gasteiger partial charge is 0.490 e. The van der Waals surface area contributed by atoms with Crippen molar-refractivity contribution in [2.75, 3.05) is 31.1 Å². The van der Waals surface area contributed by atoms with Gasteiger partial charge in [-0.2, -0.15) is 26.3 Å². The van der Waals surface area contributed by atoms with Crippen LogP contribution in [-0.4, -0.2) is 65.7 Å². The molecule has 0 aliphatic carbocycles. The number of nitrogens with zero attached hydrogens (tertiary/aromatic N) is 2. The number of pyridine rings is 1. The topological polar surface area (TPSA) is 103 Å². The third kappa shape index (κ3) is 7.58. The fourth-order valence-electron chi connectivity index (χ4n) is 2.58. The van der Waals surface area contributed by atoms with Gasteiger partial charge in [-0.25, -0.2) is 14.6 Å². The predicted octanol–water partition coefficient (Wildman–Crippen LogP) is 2.00. The summed E-state index contributed by atoms with van der Waals surface area (Å²) in [5.74, 6) is -2.68. The maximum atomic E-state index is 10.6. The van der Waals surface area contributed by atoms with Crippen molar-refractivity contribution in [3.8, 4) is 0 Å². The van der Waals surface area contributed by atoms with Crippen LogP contribution in [0, 0.1) is 11.8 Å². The van der Waals surface area contributed by atoms with E-state index in [1.54, 1.807) is 0 Å². The Kier molecular flexibility index (Phi) is 8.02. The first kappa shape index (κ1) is 23.5. The monoisotopic (exact) mass is 417 g/mol. The van der Waals surface area contributed by atoms with Crippen LogP contribution in [0.1, 0.15) is 0 Å². The molecule has 158 valence electrons. The molecule has 0 amide bonds. The highest BCUT2D eigenvalue weighted by atomic mass is 19.4. The number of carboxylic acid groups (broad SMARTS) is 2. The van der Waals surface area contributed by atoms with Crippen molar-refractivity contribution < 1.29 is 46.1 Å². The van der Waals surface area contributed by atoms with Crippen molar-refractivity contribution in [1.82, 2.24) is 10.3 Å². The zero-order chi connectivity index (χ0) is 21.5. The van der Waals surface area contributed by atoms with E-state index in [4.69, 9.17) is 19.8 Å². The van der Waals surface area contributed by atoms with Crippen LogP contribution in [0.4, 0.5) is 32.2 Å². The smallest absolute Gasteiger partial charge is 0.475 e. The summed E-state index contributed by atoms with van der Waals surface area (Å²) in [6.07, 6.45) is -8.29. The number of aromatic nitrogens is 1. The van der Waals surface area contributed by atoms with Crippen LogP contribution in [-0.2, 0) is 9.59 Å². The van der Waals surface area contributed by atoms with Crippen molar-refractivity contribution in [3.63, 3.8) is 0 Å². The number of alkyl halides is 6. The zero-order valence-corrected chi connectivity index (χ0v) is 14.2. The molecule has 28 heavy (non-hydrogen) atoms. The molecule has 0 radical (unpaired) electrons. The van der Waals surface area contributed by atoms with Gasteiger partial charge < -0.3 is 20.4 Å². The number of hydrogen-bond acceptors (Lipinski definition) is 5. The van der Waals surface area contributed by atoms with Crippen LogP contribution < -0.4 is 10.2 Å². The molecule has 13 heteroatoms. The zero-order valence-electron chi connectivity index (χ0n) is 14.2. The lowest BCUT2D eigenvalue weighted by Crippen LogP contribution is -2.25. The Morgan fingerprint density at radius 3 is 1.71 bits per heavy atom. The molecule has 3 heterocycles. The summed E-state index contributed by atoms with van der Waals surface area (Å²) in [5, 5.41) is 17.7. The van der Waals surface area contributed by atoms with Gasteiger partial charge in [0.05, 0.1) is 0 Å². The van der Waals surface area contributed by atoms with Gasteiger partial charge in [-0.15, -0.1) is 0 Å². The number of carboxylic acids is 2. The van der Waals surface area contributed by atoms with Gasteiger partial charge in [-0.3, -0.25) is 0 Å². The second-order valence-corrected chi connectivity index (χ2v) is 5.88. The Hall–Kier alpha value is -2.57. The Morgan fingerprint density at radius 1 is 0.964 bits per heavy atom. The normalized spacial score (nSPS) is 21.0. The highest BCUT2D eigenvalue weighted by Crippen LogP contribution is 2.29. The average molecular weight is 417 g/mol. The van der Waals surface area contributed by atoms with E-state index in [9.17, 15) is 26.3 Å². The highest BCUT2D eigenvalue weighted by Gasteiger charge is 2.39. The highest BCUT2D eigenvalue weighted by molar-refractivity contribution is 5.73. The van der Waals surface area contributed by atoms with E-state index >= 15 is 0 Å². The average Bonchev–Trinajstić information content (AvgIpc) is 3.16. The van der Waals surface area contributed by atoms with E-state index in [1.165, 1.54) is 26.2 Å². The Morgan fingerprint density at radius 2 is 1.39 bits per heavy atom. The van der Waals surface area contributed by atoms with Crippen LogP contribution in [0.15, 0.2) is 24.4 Å². The molecule has 2 saturated heterocycles. The molecule has 2 aliphatic rings. The van der Waals surface area contributed by atoms with Gasteiger partial charge in [0.15, 0.2) is 0 Å². The third-order valence-corrected chi connectivity index (χ3v) is 3.85. The van der Waals surface area contributed by atoms with E-state index in [-0.39, 0.29) is 0 Å². The van der Waals surface area contributed by atoms with Crippen molar-refractivity contribution in [2.45, 2.75) is 12.4 Å². The summed E-state index contributed by atoms with van der Waals surface area (Å²) >= 11 is 0. The van der Waals surface area contributed by atoms with Crippen molar-refractivity contribution >= 4 is 17.8 Å². The number of hydrogen-bond donors (Lipinski definition) is 3. The number of anilines is 1. The van der Waals surface area contributed by atoms with E-state index in [0.717, 1.165) is 17.7 Å². The van der Waals surface area contributed by atoms with E-state index < -0.39 is 24.3 Å². The second-order valence-electron chi connectivity index (χ2n) is 5.88. The maximum absolute atomic E-state index is 10.6. The van der Waals surface area contributed by atoms with Crippen LogP contribution in [0.5, 0.6) is 0 Å². The molecule has 1 aromatic heterocycles. The van der Waals surface area contributed by atoms with Crippen molar-refractivity contribution in [1.29, 1.82) is 0 Å². The fourth-order valence-corrected chi connectivity index (χ4v) is 2.58. The molecule has 2 fully saturated rings. The van der Waals surface area contributed by atoms with Crippen molar-refractivity contribution in [3.05, 3.63) is 24.4 Å². The second kappa shape index (κ2) is 9.57. The van der Waals surface area contributed by atoms with Gasteiger partial charge >= 0.3 is 24.3 Å². The van der Waals surface area contributed by atoms with E-state index in [2.05, 4.69) is 27.3 Å². The summed E-state index contributed by atoms with van der Waals surface area (Å²) in [4.78, 5) is 24.6. The van der Waals surface area contributed by atoms with Gasteiger partial charge in [0.25, 0.3) is 0 Å². The number of aliphatic carboxylic acids is 2. The quantitative estimate of drug-likeness (QED) is 0.601. The molecule has 0 bridgehead atoms. The van der Waals surface area contributed by atoms with Crippen LogP contribution in [0.3, 0.4) is 0 Å². The lowest BCUT2D eigenvalue weighted by molar-refractivity contribution is -0.193. The van der Waals surface area contributed by atoms with Crippen LogP contribution >= 0.6 is 0 Å². The molecule has 2 atom stereocenters. The Balaban J connectivity index is 0.000000240. The first-order chi connectivity index (χ1) is 12.8. The number of halogens is 6. The molecule has 3 N–H and O–H groups in total. The summed E-state index contributed by atoms with van der Waals surface area (Å²) < 4.78 is 63.5.